The number of para-hydroxylation sites is 1. The van der Waals surface area contributed by atoms with Crippen LogP contribution in [-0.4, -0.2) is 44.4 Å². The van der Waals surface area contributed by atoms with E-state index in [1.54, 1.807) is 4.90 Å². The number of likely N-dealkylation sites (tertiary alicyclic amines) is 1. The smallest absolute Gasteiger partial charge is 0.356 e. The average Bonchev–Trinajstić information content (AvgIpc) is 3.28. The molecule has 3 heterocycles. The van der Waals surface area contributed by atoms with Gasteiger partial charge in [0.15, 0.2) is 5.69 Å². The average molecular weight is 365 g/mol. The van der Waals surface area contributed by atoms with Crippen molar-refractivity contribution in [1.82, 2.24) is 14.3 Å². The van der Waals surface area contributed by atoms with E-state index < -0.39 is 5.97 Å². The normalized spacial score (nSPS) is 15.0. The number of hydrogen-bond donors (Lipinski definition) is 1. The third-order valence-electron chi connectivity index (χ3n) is 5.11. The van der Waals surface area contributed by atoms with Crippen molar-refractivity contribution in [2.75, 3.05) is 13.1 Å². The van der Waals surface area contributed by atoms with Crippen LogP contribution < -0.4 is 0 Å². The Kier molecular flexibility index (Phi) is 3.94. The van der Waals surface area contributed by atoms with Crippen molar-refractivity contribution in [3.63, 3.8) is 0 Å². The van der Waals surface area contributed by atoms with E-state index in [4.69, 9.17) is 0 Å². The van der Waals surface area contributed by atoms with Crippen LogP contribution in [0.25, 0.3) is 16.4 Å². The highest BCUT2D eigenvalue weighted by Gasteiger charge is 2.31. The molecule has 0 aliphatic carbocycles. The van der Waals surface area contributed by atoms with E-state index in [-0.39, 0.29) is 17.0 Å². The fraction of sp³-hybridized carbons (Fsp3) is 0.381. The van der Waals surface area contributed by atoms with Crippen molar-refractivity contribution < 1.29 is 14.7 Å². The van der Waals surface area contributed by atoms with Crippen molar-refractivity contribution >= 4 is 28.3 Å². The van der Waals surface area contributed by atoms with Gasteiger partial charge in [-0.15, -0.1) is 0 Å². The SMILES string of the molecule is CC(C)(C)c1nc(C(=O)O)c2c(C(=O)N3CCCC3)cc3ccccc3n12. The summed E-state index contributed by atoms with van der Waals surface area (Å²) >= 11 is 0. The molecule has 0 atom stereocenters. The Bertz CT molecular complexity index is 1070. The standard InChI is InChI=1S/C21H23N3O3/c1-21(2,3)20-22-16(19(26)27)17-14(18(25)23-10-6-7-11-23)12-13-8-4-5-9-15(13)24(17)20/h4-5,8-9,12H,6-7,10-11H2,1-3H3,(H,26,27). The third kappa shape index (κ3) is 2.76. The molecule has 27 heavy (non-hydrogen) atoms. The molecule has 1 aromatic carbocycles. The maximum Gasteiger partial charge on any atom is 0.356 e. The molecule has 1 aliphatic heterocycles. The fourth-order valence-corrected chi connectivity index (χ4v) is 3.85. The second-order valence-corrected chi connectivity index (χ2v) is 8.14. The van der Waals surface area contributed by atoms with Crippen molar-refractivity contribution in [2.45, 2.75) is 39.0 Å². The van der Waals surface area contributed by atoms with Crippen LogP contribution in [0.5, 0.6) is 0 Å². The van der Waals surface area contributed by atoms with Gasteiger partial charge < -0.3 is 10.0 Å². The summed E-state index contributed by atoms with van der Waals surface area (Å²) in [5.74, 6) is -0.595. The Hall–Kier alpha value is -2.89. The highest BCUT2D eigenvalue weighted by Crippen LogP contribution is 2.32. The monoisotopic (exact) mass is 365 g/mol. The predicted molar refractivity (Wildman–Crippen MR) is 103 cm³/mol. The number of benzene rings is 1. The fourth-order valence-electron chi connectivity index (χ4n) is 3.85. The van der Waals surface area contributed by atoms with Crippen LogP contribution in [0, 0.1) is 0 Å². The lowest BCUT2D eigenvalue weighted by Gasteiger charge is -2.20. The number of nitrogens with zero attached hydrogens (tertiary/aromatic N) is 3. The van der Waals surface area contributed by atoms with Crippen LogP contribution in [0.1, 0.15) is 60.3 Å². The number of pyridine rings is 1. The largest absolute Gasteiger partial charge is 0.476 e. The molecule has 0 unspecified atom stereocenters. The first kappa shape index (κ1) is 17.5. The summed E-state index contributed by atoms with van der Waals surface area (Å²) in [4.78, 5) is 31.5. The Morgan fingerprint density at radius 1 is 1.11 bits per heavy atom. The van der Waals surface area contributed by atoms with Crippen molar-refractivity contribution in [2.24, 2.45) is 0 Å². The zero-order valence-electron chi connectivity index (χ0n) is 15.8. The molecule has 0 radical (unpaired) electrons. The topological polar surface area (TPSA) is 74.9 Å². The molecule has 1 N–H and O–H groups in total. The zero-order valence-corrected chi connectivity index (χ0v) is 15.8. The van der Waals surface area contributed by atoms with Crippen LogP contribution in [0.15, 0.2) is 30.3 Å². The van der Waals surface area contributed by atoms with E-state index in [9.17, 15) is 14.7 Å². The van der Waals surface area contributed by atoms with Gasteiger partial charge in [0.25, 0.3) is 5.91 Å². The summed E-state index contributed by atoms with van der Waals surface area (Å²) in [6.07, 6.45) is 1.96. The van der Waals surface area contributed by atoms with E-state index in [1.807, 2.05) is 55.5 Å². The summed E-state index contributed by atoms with van der Waals surface area (Å²) < 4.78 is 1.86. The Labute approximate surface area is 157 Å². The summed E-state index contributed by atoms with van der Waals surface area (Å²) in [7, 11) is 0. The van der Waals surface area contributed by atoms with Gasteiger partial charge in [-0.25, -0.2) is 9.78 Å². The van der Waals surface area contributed by atoms with Gasteiger partial charge in [0, 0.05) is 18.5 Å². The number of hydrogen-bond acceptors (Lipinski definition) is 3. The summed E-state index contributed by atoms with van der Waals surface area (Å²) in [6, 6.07) is 9.53. The Morgan fingerprint density at radius 2 is 1.78 bits per heavy atom. The van der Waals surface area contributed by atoms with E-state index in [0.717, 1.165) is 23.7 Å². The van der Waals surface area contributed by atoms with E-state index >= 15 is 0 Å². The number of imidazole rings is 1. The lowest BCUT2D eigenvalue weighted by Crippen LogP contribution is -2.28. The number of rotatable bonds is 2. The number of aromatic carboxylic acids is 1. The van der Waals surface area contributed by atoms with Gasteiger partial charge in [0.1, 0.15) is 5.82 Å². The number of carboxylic acids is 1. The van der Waals surface area contributed by atoms with E-state index in [2.05, 4.69) is 4.98 Å². The van der Waals surface area contributed by atoms with Crippen LogP contribution in [0.2, 0.25) is 0 Å². The second-order valence-electron chi connectivity index (χ2n) is 8.14. The minimum Gasteiger partial charge on any atom is -0.476 e. The van der Waals surface area contributed by atoms with Gasteiger partial charge in [0.05, 0.1) is 16.6 Å². The molecule has 3 aromatic rings. The maximum absolute atomic E-state index is 13.2. The van der Waals surface area contributed by atoms with Crippen molar-refractivity contribution in [3.05, 3.63) is 47.4 Å². The first-order chi connectivity index (χ1) is 12.8. The van der Waals surface area contributed by atoms with Gasteiger partial charge in [-0.3, -0.25) is 9.20 Å². The number of amides is 1. The van der Waals surface area contributed by atoms with Crippen LogP contribution in [0.4, 0.5) is 0 Å². The van der Waals surface area contributed by atoms with Gasteiger partial charge in [-0.2, -0.15) is 0 Å². The molecule has 0 bridgehead atoms. The number of carbonyl (C=O) groups excluding carboxylic acids is 1. The molecule has 1 amide bonds. The predicted octanol–water partition coefficient (Wildman–Crippen LogP) is 3.72. The third-order valence-corrected chi connectivity index (χ3v) is 5.11. The lowest BCUT2D eigenvalue weighted by atomic mass is 9.95. The summed E-state index contributed by atoms with van der Waals surface area (Å²) in [6.45, 7) is 7.41. The minimum atomic E-state index is -1.12. The van der Waals surface area contributed by atoms with Gasteiger partial charge in [0.2, 0.25) is 0 Å². The van der Waals surface area contributed by atoms with Crippen LogP contribution >= 0.6 is 0 Å². The molecule has 6 heteroatoms. The first-order valence-corrected chi connectivity index (χ1v) is 9.26. The molecular formula is C21H23N3O3. The molecule has 1 saturated heterocycles. The van der Waals surface area contributed by atoms with Gasteiger partial charge >= 0.3 is 5.97 Å². The number of aromatic nitrogens is 2. The highest BCUT2D eigenvalue weighted by molar-refractivity contribution is 6.09. The molecule has 0 saturated carbocycles. The van der Waals surface area contributed by atoms with Crippen molar-refractivity contribution in [1.29, 1.82) is 0 Å². The molecule has 4 rings (SSSR count). The van der Waals surface area contributed by atoms with Crippen LogP contribution in [0.3, 0.4) is 0 Å². The van der Waals surface area contributed by atoms with Gasteiger partial charge in [-0.1, -0.05) is 39.0 Å². The number of fused-ring (bicyclic) bond motifs is 3. The second kappa shape index (κ2) is 6.08. The molecular weight excluding hydrogens is 342 g/mol. The molecule has 140 valence electrons. The Morgan fingerprint density at radius 3 is 2.41 bits per heavy atom. The maximum atomic E-state index is 13.2. The van der Waals surface area contributed by atoms with Crippen LogP contribution in [-0.2, 0) is 5.41 Å². The van der Waals surface area contributed by atoms with Gasteiger partial charge in [-0.05, 0) is 30.4 Å². The zero-order chi connectivity index (χ0) is 19.3. The summed E-state index contributed by atoms with van der Waals surface area (Å²) in [5, 5.41) is 10.7. The number of carbonyl (C=O) groups is 2. The molecule has 2 aromatic heterocycles. The molecule has 6 nitrogen and oxygen atoms in total. The number of carboxylic acid groups (broad SMARTS) is 1. The van der Waals surface area contributed by atoms with Crippen molar-refractivity contribution in [3.8, 4) is 0 Å². The van der Waals surface area contributed by atoms with E-state index in [1.165, 1.54) is 0 Å². The first-order valence-electron chi connectivity index (χ1n) is 9.26. The quantitative estimate of drug-likeness (QED) is 0.751. The molecule has 1 fully saturated rings. The lowest BCUT2D eigenvalue weighted by molar-refractivity contribution is 0.0693. The minimum absolute atomic E-state index is 0.0618. The Balaban J connectivity index is 2.15. The summed E-state index contributed by atoms with van der Waals surface area (Å²) in [5.41, 5.74) is 1.22. The molecule has 1 aliphatic rings. The highest BCUT2D eigenvalue weighted by atomic mass is 16.4. The van der Waals surface area contributed by atoms with E-state index in [0.29, 0.717) is 30.0 Å². The molecule has 0 spiro atoms.